The SMILES string of the molecule is CC(=O)NC(CC(=O)Nc1ccc(N2CCC(C)CC2)cc1)c1ccc(Cl)cc1. The lowest BCUT2D eigenvalue weighted by Crippen LogP contribution is -2.32. The summed E-state index contributed by atoms with van der Waals surface area (Å²) in [6.07, 6.45) is 2.58. The van der Waals surface area contributed by atoms with Crippen LogP contribution in [0.25, 0.3) is 0 Å². The number of rotatable bonds is 6. The number of carbonyl (C=O) groups excluding carboxylic acids is 2. The molecule has 2 aromatic carbocycles. The van der Waals surface area contributed by atoms with Gasteiger partial charge in [-0.2, -0.15) is 0 Å². The third kappa shape index (κ3) is 6.23. The molecule has 0 saturated carbocycles. The molecule has 1 saturated heterocycles. The van der Waals surface area contributed by atoms with Crippen LogP contribution in [0.4, 0.5) is 11.4 Å². The number of nitrogens with one attached hydrogen (secondary N) is 2. The van der Waals surface area contributed by atoms with Gasteiger partial charge in [0.1, 0.15) is 0 Å². The van der Waals surface area contributed by atoms with Crippen LogP contribution in [0.5, 0.6) is 0 Å². The van der Waals surface area contributed by atoms with Crippen molar-refractivity contribution in [3.63, 3.8) is 0 Å². The third-order valence-electron chi connectivity index (χ3n) is 5.34. The summed E-state index contributed by atoms with van der Waals surface area (Å²) >= 11 is 5.94. The van der Waals surface area contributed by atoms with Crippen molar-refractivity contribution in [3.05, 3.63) is 59.1 Å². The van der Waals surface area contributed by atoms with Gasteiger partial charge in [0.15, 0.2) is 0 Å². The first-order chi connectivity index (χ1) is 13.9. The van der Waals surface area contributed by atoms with Gasteiger partial charge in [-0.15, -0.1) is 0 Å². The molecular formula is C23H28ClN3O2. The monoisotopic (exact) mass is 413 g/mol. The first-order valence-corrected chi connectivity index (χ1v) is 10.5. The van der Waals surface area contributed by atoms with E-state index in [0.717, 1.165) is 30.3 Å². The molecule has 154 valence electrons. The summed E-state index contributed by atoms with van der Waals surface area (Å²) in [6, 6.07) is 14.7. The number of nitrogens with zero attached hydrogens (tertiary/aromatic N) is 1. The fourth-order valence-electron chi connectivity index (χ4n) is 3.61. The van der Waals surface area contributed by atoms with Gasteiger partial charge in [-0.25, -0.2) is 0 Å². The van der Waals surface area contributed by atoms with Crippen LogP contribution in [0.3, 0.4) is 0 Å². The summed E-state index contributed by atoms with van der Waals surface area (Å²) in [5.74, 6) is 0.457. The average molecular weight is 414 g/mol. The second-order valence-electron chi connectivity index (χ2n) is 7.77. The van der Waals surface area contributed by atoms with Gasteiger partial charge in [-0.3, -0.25) is 9.59 Å². The molecule has 0 aliphatic carbocycles. The van der Waals surface area contributed by atoms with Gasteiger partial charge in [-0.05, 0) is 60.7 Å². The van der Waals surface area contributed by atoms with Crippen LogP contribution >= 0.6 is 11.6 Å². The molecule has 5 nitrogen and oxygen atoms in total. The van der Waals surface area contributed by atoms with Crippen molar-refractivity contribution in [2.24, 2.45) is 5.92 Å². The van der Waals surface area contributed by atoms with E-state index in [1.54, 1.807) is 12.1 Å². The second kappa shape index (κ2) is 9.79. The lowest BCUT2D eigenvalue weighted by atomic mass is 9.99. The fourth-order valence-corrected chi connectivity index (χ4v) is 3.74. The van der Waals surface area contributed by atoms with E-state index in [4.69, 9.17) is 11.6 Å². The first-order valence-electron chi connectivity index (χ1n) is 10.1. The molecule has 2 aromatic rings. The molecule has 1 heterocycles. The first kappa shape index (κ1) is 21.2. The number of piperidine rings is 1. The molecule has 0 aromatic heterocycles. The molecule has 3 rings (SSSR count). The Morgan fingerprint density at radius 2 is 1.69 bits per heavy atom. The Morgan fingerprint density at radius 3 is 2.28 bits per heavy atom. The number of benzene rings is 2. The molecule has 1 aliphatic rings. The highest BCUT2D eigenvalue weighted by molar-refractivity contribution is 6.30. The largest absolute Gasteiger partial charge is 0.372 e. The topological polar surface area (TPSA) is 61.4 Å². The van der Waals surface area contributed by atoms with Crippen molar-refractivity contribution < 1.29 is 9.59 Å². The molecule has 1 atom stereocenters. The maximum Gasteiger partial charge on any atom is 0.226 e. The summed E-state index contributed by atoms with van der Waals surface area (Å²) in [7, 11) is 0. The van der Waals surface area contributed by atoms with Crippen molar-refractivity contribution >= 4 is 34.8 Å². The number of halogens is 1. The van der Waals surface area contributed by atoms with Gasteiger partial charge in [0.05, 0.1) is 12.5 Å². The van der Waals surface area contributed by atoms with E-state index >= 15 is 0 Å². The lowest BCUT2D eigenvalue weighted by molar-refractivity contribution is -0.120. The summed E-state index contributed by atoms with van der Waals surface area (Å²) in [6.45, 7) is 5.90. The quantitative estimate of drug-likeness (QED) is 0.716. The van der Waals surface area contributed by atoms with Crippen LogP contribution in [0.1, 0.15) is 44.7 Å². The van der Waals surface area contributed by atoms with E-state index in [9.17, 15) is 9.59 Å². The van der Waals surface area contributed by atoms with Crippen molar-refractivity contribution in [2.45, 2.75) is 39.2 Å². The molecular weight excluding hydrogens is 386 g/mol. The second-order valence-corrected chi connectivity index (χ2v) is 8.21. The van der Waals surface area contributed by atoms with Gasteiger partial charge in [0.25, 0.3) is 0 Å². The Morgan fingerprint density at radius 1 is 1.07 bits per heavy atom. The van der Waals surface area contributed by atoms with E-state index < -0.39 is 6.04 Å². The standard InChI is InChI=1S/C23H28ClN3O2/c1-16-11-13-27(14-12-16)21-9-7-20(8-10-21)26-23(29)15-22(25-17(2)28)18-3-5-19(24)6-4-18/h3-10,16,22H,11-15H2,1-2H3,(H,25,28)(H,26,29). The molecule has 0 bridgehead atoms. The van der Waals surface area contributed by atoms with E-state index in [1.165, 1.54) is 25.5 Å². The van der Waals surface area contributed by atoms with Crippen molar-refractivity contribution in [3.8, 4) is 0 Å². The predicted molar refractivity (Wildman–Crippen MR) is 118 cm³/mol. The van der Waals surface area contributed by atoms with Gasteiger partial charge in [0.2, 0.25) is 11.8 Å². The van der Waals surface area contributed by atoms with Crippen LogP contribution in [0.15, 0.2) is 48.5 Å². The van der Waals surface area contributed by atoms with Crippen LogP contribution in [-0.4, -0.2) is 24.9 Å². The zero-order valence-corrected chi connectivity index (χ0v) is 17.7. The molecule has 1 fully saturated rings. The minimum Gasteiger partial charge on any atom is -0.372 e. The Hall–Kier alpha value is -2.53. The average Bonchev–Trinajstić information content (AvgIpc) is 2.69. The molecule has 1 aliphatic heterocycles. The molecule has 1 unspecified atom stereocenters. The number of carbonyl (C=O) groups is 2. The zero-order valence-electron chi connectivity index (χ0n) is 17.0. The fraction of sp³-hybridized carbons (Fsp3) is 0.391. The van der Waals surface area contributed by atoms with Gasteiger partial charge >= 0.3 is 0 Å². The smallest absolute Gasteiger partial charge is 0.226 e. The maximum absolute atomic E-state index is 12.6. The summed E-state index contributed by atoms with van der Waals surface area (Å²) in [4.78, 5) is 26.5. The molecule has 6 heteroatoms. The lowest BCUT2D eigenvalue weighted by Gasteiger charge is -2.32. The Balaban J connectivity index is 1.60. The number of amides is 2. The Bertz CT molecular complexity index is 828. The van der Waals surface area contributed by atoms with Gasteiger partial charge < -0.3 is 15.5 Å². The highest BCUT2D eigenvalue weighted by Crippen LogP contribution is 2.25. The number of hydrogen-bond donors (Lipinski definition) is 2. The molecule has 0 spiro atoms. The zero-order chi connectivity index (χ0) is 20.8. The van der Waals surface area contributed by atoms with E-state index in [-0.39, 0.29) is 18.2 Å². The number of hydrogen-bond acceptors (Lipinski definition) is 3. The van der Waals surface area contributed by atoms with Crippen LogP contribution in [0, 0.1) is 5.92 Å². The van der Waals surface area contributed by atoms with E-state index in [0.29, 0.717) is 5.02 Å². The van der Waals surface area contributed by atoms with E-state index in [2.05, 4.69) is 34.6 Å². The summed E-state index contributed by atoms with van der Waals surface area (Å²) in [5.41, 5.74) is 2.78. The Labute approximate surface area is 177 Å². The predicted octanol–water partition coefficient (Wildman–Crippen LogP) is 4.78. The number of anilines is 2. The third-order valence-corrected chi connectivity index (χ3v) is 5.59. The minimum absolute atomic E-state index is 0.146. The normalized spacial score (nSPS) is 15.6. The van der Waals surface area contributed by atoms with Gasteiger partial charge in [0, 0.05) is 36.4 Å². The molecule has 2 N–H and O–H groups in total. The maximum atomic E-state index is 12.6. The highest BCUT2D eigenvalue weighted by Gasteiger charge is 2.18. The van der Waals surface area contributed by atoms with Crippen molar-refractivity contribution in [1.29, 1.82) is 0 Å². The molecule has 29 heavy (non-hydrogen) atoms. The van der Waals surface area contributed by atoms with Crippen molar-refractivity contribution in [2.75, 3.05) is 23.3 Å². The van der Waals surface area contributed by atoms with Crippen LogP contribution in [0.2, 0.25) is 5.02 Å². The molecule has 0 radical (unpaired) electrons. The molecule has 2 amide bonds. The minimum atomic E-state index is -0.403. The van der Waals surface area contributed by atoms with Gasteiger partial charge in [-0.1, -0.05) is 30.7 Å². The summed E-state index contributed by atoms with van der Waals surface area (Å²) in [5, 5.41) is 6.38. The van der Waals surface area contributed by atoms with Crippen LogP contribution in [-0.2, 0) is 9.59 Å². The highest BCUT2D eigenvalue weighted by atomic mass is 35.5. The summed E-state index contributed by atoms with van der Waals surface area (Å²) < 4.78 is 0. The van der Waals surface area contributed by atoms with E-state index in [1.807, 2.05) is 24.3 Å². The Kier molecular flexibility index (Phi) is 7.15. The van der Waals surface area contributed by atoms with Crippen LogP contribution < -0.4 is 15.5 Å². The van der Waals surface area contributed by atoms with Crippen molar-refractivity contribution in [1.82, 2.24) is 5.32 Å².